The van der Waals surface area contributed by atoms with Gasteiger partial charge < -0.3 is 15.0 Å². The van der Waals surface area contributed by atoms with Crippen LogP contribution in [0.4, 0.5) is 5.69 Å². The molecule has 2 N–H and O–H groups in total. The van der Waals surface area contributed by atoms with Gasteiger partial charge >= 0.3 is 0 Å². The molecule has 1 amide bonds. The van der Waals surface area contributed by atoms with Crippen LogP contribution in [0.15, 0.2) is 35.3 Å². The van der Waals surface area contributed by atoms with Crippen molar-refractivity contribution in [3.63, 3.8) is 0 Å². The molecule has 1 aromatic carbocycles. The molecule has 0 saturated heterocycles. The summed E-state index contributed by atoms with van der Waals surface area (Å²) < 4.78 is 1.65. The van der Waals surface area contributed by atoms with Crippen LogP contribution in [-0.2, 0) is 11.3 Å². The fourth-order valence-electron chi connectivity index (χ4n) is 7.65. The maximum Gasteiger partial charge on any atom is 0.258 e. The highest BCUT2D eigenvalue weighted by Gasteiger charge is 2.61. The van der Waals surface area contributed by atoms with Crippen molar-refractivity contribution in [1.82, 2.24) is 4.57 Å². The van der Waals surface area contributed by atoms with Gasteiger partial charge in [0.05, 0.1) is 17.6 Å². The lowest BCUT2D eigenvalue weighted by molar-refractivity contribution is -0.127. The van der Waals surface area contributed by atoms with Crippen LogP contribution >= 0.6 is 0 Å². The van der Waals surface area contributed by atoms with E-state index >= 15 is 0 Å². The smallest absolute Gasteiger partial charge is 0.258 e. The van der Waals surface area contributed by atoms with E-state index in [1.807, 2.05) is 24.3 Å². The molecule has 1 heterocycles. The Morgan fingerprint density at radius 1 is 1.03 bits per heavy atom. The minimum absolute atomic E-state index is 0.0911. The molecule has 7 rings (SSSR count). The predicted molar refractivity (Wildman–Crippen MR) is 121 cm³/mol. The molecule has 0 radical (unpaired) electrons. The first-order valence-electron chi connectivity index (χ1n) is 12.1. The van der Waals surface area contributed by atoms with Crippen LogP contribution in [0.2, 0.25) is 0 Å². The molecule has 1 aromatic heterocycles. The first-order chi connectivity index (χ1) is 15.0. The van der Waals surface area contributed by atoms with Crippen LogP contribution in [0.3, 0.4) is 0 Å². The monoisotopic (exact) mass is 420 g/mol. The second kappa shape index (κ2) is 6.93. The molecule has 4 atom stereocenters. The molecule has 31 heavy (non-hydrogen) atoms. The lowest BCUT2D eigenvalue weighted by Gasteiger charge is -2.32. The predicted octanol–water partition coefficient (Wildman–Crippen LogP) is 4.46. The second-order valence-corrected chi connectivity index (χ2v) is 11.0. The van der Waals surface area contributed by atoms with Crippen LogP contribution in [0.25, 0.3) is 10.8 Å². The Morgan fingerprint density at radius 3 is 2.52 bits per heavy atom. The number of pyridine rings is 1. The van der Waals surface area contributed by atoms with Gasteiger partial charge in [-0.25, -0.2) is 0 Å². The molecule has 4 bridgehead atoms. The van der Waals surface area contributed by atoms with Crippen LogP contribution in [0.5, 0.6) is 0 Å². The standard InChI is InChI=1S/C26H32N2O3/c29-23-21-5-4-6-22(20(21)7-10-28(23)16-25(31)8-2-1-3-9-25)27-24(30)26-14-17-11-18(15-26)13-19(26)12-17/h4-7,10,17-19,31H,1-3,8-9,11-16H2,(H,27,30)/t17-,18+,19+,26-. The third-order valence-corrected chi connectivity index (χ3v) is 8.96. The SMILES string of the molecule is O=C(Nc1cccc2c(=O)n(CC3(O)CCCCC3)ccc12)[C@@]12C[C@@H]3C[C@@H](C[C@@H]1C3)C2. The number of carbonyl (C=O) groups excluding carboxylic acids is 1. The second-order valence-electron chi connectivity index (χ2n) is 11.0. The summed E-state index contributed by atoms with van der Waals surface area (Å²) in [5.41, 5.74) is -0.327. The molecule has 5 fully saturated rings. The highest BCUT2D eigenvalue weighted by Crippen LogP contribution is 2.65. The Labute approximate surface area is 182 Å². The first-order valence-corrected chi connectivity index (χ1v) is 12.1. The Morgan fingerprint density at radius 2 is 1.77 bits per heavy atom. The number of carbonyl (C=O) groups is 1. The average molecular weight is 421 g/mol. The highest BCUT2D eigenvalue weighted by atomic mass is 16.3. The Balaban J connectivity index is 1.29. The Hall–Kier alpha value is -2.14. The van der Waals surface area contributed by atoms with Crippen LogP contribution in [0, 0.1) is 23.2 Å². The number of hydrogen-bond donors (Lipinski definition) is 2. The number of nitrogens with one attached hydrogen (secondary N) is 1. The summed E-state index contributed by atoms with van der Waals surface area (Å²) in [7, 11) is 0. The van der Waals surface area contributed by atoms with E-state index in [1.165, 1.54) is 19.3 Å². The van der Waals surface area contributed by atoms with Crippen molar-refractivity contribution in [3.8, 4) is 0 Å². The van der Waals surface area contributed by atoms with E-state index in [-0.39, 0.29) is 16.9 Å². The quantitative estimate of drug-likeness (QED) is 0.767. The summed E-state index contributed by atoms with van der Waals surface area (Å²) in [4.78, 5) is 26.7. The molecule has 0 aliphatic heterocycles. The van der Waals surface area contributed by atoms with Crippen molar-refractivity contribution in [2.75, 3.05) is 5.32 Å². The number of rotatable bonds is 4. The fraction of sp³-hybridized carbons (Fsp3) is 0.615. The molecule has 5 aliphatic carbocycles. The van der Waals surface area contributed by atoms with Crippen molar-refractivity contribution in [2.24, 2.45) is 23.2 Å². The van der Waals surface area contributed by atoms with Crippen molar-refractivity contribution < 1.29 is 9.90 Å². The van der Waals surface area contributed by atoms with Gasteiger partial charge in [0.15, 0.2) is 0 Å². The van der Waals surface area contributed by atoms with E-state index in [2.05, 4.69) is 5.32 Å². The fourth-order valence-corrected chi connectivity index (χ4v) is 7.65. The van der Waals surface area contributed by atoms with Gasteiger partial charge in [-0.1, -0.05) is 25.3 Å². The average Bonchev–Trinajstić information content (AvgIpc) is 3.16. The normalized spacial score (nSPS) is 33.1. The van der Waals surface area contributed by atoms with E-state index in [4.69, 9.17) is 0 Å². The van der Waals surface area contributed by atoms with Crippen molar-refractivity contribution in [2.45, 2.75) is 76.4 Å². The number of aliphatic hydroxyl groups is 1. The number of fused-ring (bicyclic) bond motifs is 1. The van der Waals surface area contributed by atoms with Crippen LogP contribution in [0.1, 0.15) is 64.2 Å². The Kier molecular flexibility index (Phi) is 4.37. The lowest BCUT2D eigenvalue weighted by Crippen LogP contribution is -2.39. The van der Waals surface area contributed by atoms with E-state index in [9.17, 15) is 14.7 Å². The first kappa shape index (κ1) is 19.5. The molecule has 5 aliphatic rings. The third kappa shape index (κ3) is 3.07. The van der Waals surface area contributed by atoms with E-state index in [1.54, 1.807) is 10.8 Å². The zero-order valence-electron chi connectivity index (χ0n) is 18.1. The number of nitrogens with zero attached hydrogens (tertiary/aromatic N) is 1. The maximum atomic E-state index is 13.5. The summed E-state index contributed by atoms with van der Waals surface area (Å²) in [5, 5.41) is 15.5. The summed E-state index contributed by atoms with van der Waals surface area (Å²) in [6.45, 7) is 0.339. The molecule has 0 spiro atoms. The topological polar surface area (TPSA) is 71.3 Å². The zero-order chi connectivity index (χ0) is 21.2. The molecule has 0 unspecified atom stereocenters. The molecule has 164 valence electrons. The van der Waals surface area contributed by atoms with E-state index in [0.29, 0.717) is 17.8 Å². The van der Waals surface area contributed by atoms with Crippen LogP contribution < -0.4 is 10.9 Å². The summed E-state index contributed by atoms with van der Waals surface area (Å²) in [5.74, 6) is 2.16. The minimum Gasteiger partial charge on any atom is -0.388 e. The van der Waals surface area contributed by atoms with Gasteiger partial charge in [-0.3, -0.25) is 9.59 Å². The van der Waals surface area contributed by atoms with Gasteiger partial charge in [-0.2, -0.15) is 0 Å². The number of aromatic nitrogens is 1. The van der Waals surface area contributed by atoms with Crippen molar-refractivity contribution in [1.29, 1.82) is 0 Å². The van der Waals surface area contributed by atoms with Gasteiger partial charge in [-0.15, -0.1) is 0 Å². The summed E-state index contributed by atoms with van der Waals surface area (Å²) in [6, 6.07) is 7.52. The number of benzene rings is 1. The van der Waals surface area contributed by atoms with Gasteiger partial charge in [-0.05, 0) is 80.9 Å². The molecule has 2 aromatic rings. The van der Waals surface area contributed by atoms with Crippen molar-refractivity contribution in [3.05, 3.63) is 40.8 Å². The molecule has 5 saturated carbocycles. The van der Waals surface area contributed by atoms with Gasteiger partial charge in [0.1, 0.15) is 0 Å². The molecule has 5 nitrogen and oxygen atoms in total. The molecular formula is C26H32N2O3. The summed E-state index contributed by atoms with van der Waals surface area (Å²) >= 11 is 0. The molecular weight excluding hydrogens is 388 g/mol. The number of amides is 1. The lowest BCUT2D eigenvalue weighted by atomic mass is 9.75. The number of anilines is 1. The van der Waals surface area contributed by atoms with Gasteiger partial charge in [0, 0.05) is 22.7 Å². The van der Waals surface area contributed by atoms with Gasteiger partial charge in [0.2, 0.25) is 5.91 Å². The minimum atomic E-state index is -0.790. The number of hydrogen-bond acceptors (Lipinski definition) is 3. The summed E-state index contributed by atoms with van der Waals surface area (Å²) in [6.07, 6.45) is 12.3. The van der Waals surface area contributed by atoms with Crippen molar-refractivity contribution >= 4 is 22.4 Å². The van der Waals surface area contributed by atoms with Crippen LogP contribution in [-0.4, -0.2) is 21.2 Å². The van der Waals surface area contributed by atoms with E-state index in [0.717, 1.165) is 67.9 Å². The highest BCUT2D eigenvalue weighted by molar-refractivity contribution is 6.04. The van der Waals surface area contributed by atoms with E-state index < -0.39 is 5.60 Å². The zero-order valence-corrected chi connectivity index (χ0v) is 18.1. The largest absolute Gasteiger partial charge is 0.388 e. The maximum absolute atomic E-state index is 13.5. The van der Waals surface area contributed by atoms with Gasteiger partial charge in [0.25, 0.3) is 5.56 Å². The molecule has 5 heteroatoms. The Bertz CT molecular complexity index is 1080. The third-order valence-electron chi connectivity index (χ3n) is 8.96.